The summed E-state index contributed by atoms with van der Waals surface area (Å²) in [6, 6.07) is 8.00. The molecule has 0 aliphatic carbocycles. The van der Waals surface area contributed by atoms with E-state index in [9.17, 15) is 4.39 Å². The van der Waals surface area contributed by atoms with Gasteiger partial charge in [-0.25, -0.2) is 19.3 Å². The highest BCUT2D eigenvalue weighted by molar-refractivity contribution is 9.10. The summed E-state index contributed by atoms with van der Waals surface area (Å²) in [4.78, 5) is 12.2. The summed E-state index contributed by atoms with van der Waals surface area (Å²) < 4.78 is 14.6. The number of halogens is 3. The van der Waals surface area contributed by atoms with Gasteiger partial charge in [0.25, 0.3) is 0 Å². The van der Waals surface area contributed by atoms with Crippen LogP contribution in [0.1, 0.15) is 0 Å². The SMILES string of the molecule is Nc1c(Nc2ccc(Cl)cn2)ncnc1Nc1ccc(Br)cc1F. The summed E-state index contributed by atoms with van der Waals surface area (Å²) in [6.45, 7) is 0. The second kappa shape index (κ2) is 6.98. The highest BCUT2D eigenvalue weighted by atomic mass is 79.9. The van der Waals surface area contributed by atoms with Crippen molar-refractivity contribution in [2.75, 3.05) is 16.4 Å². The van der Waals surface area contributed by atoms with Gasteiger partial charge >= 0.3 is 0 Å². The van der Waals surface area contributed by atoms with Crippen LogP contribution in [0.2, 0.25) is 5.02 Å². The number of nitrogens with one attached hydrogen (secondary N) is 2. The van der Waals surface area contributed by atoms with Crippen molar-refractivity contribution < 1.29 is 4.39 Å². The van der Waals surface area contributed by atoms with Crippen LogP contribution >= 0.6 is 27.5 Å². The third-order valence-corrected chi connectivity index (χ3v) is 3.76. The Kier molecular flexibility index (Phi) is 4.77. The van der Waals surface area contributed by atoms with Gasteiger partial charge in [-0.3, -0.25) is 0 Å². The van der Waals surface area contributed by atoms with E-state index in [1.165, 1.54) is 18.6 Å². The summed E-state index contributed by atoms with van der Waals surface area (Å²) in [7, 11) is 0. The highest BCUT2D eigenvalue weighted by Gasteiger charge is 2.11. The van der Waals surface area contributed by atoms with E-state index in [-0.39, 0.29) is 17.2 Å². The first-order chi connectivity index (χ1) is 11.5. The molecule has 0 radical (unpaired) electrons. The average Bonchev–Trinajstić information content (AvgIpc) is 2.55. The van der Waals surface area contributed by atoms with Gasteiger partial charge in [0.05, 0.1) is 10.7 Å². The molecule has 1 aromatic carbocycles. The van der Waals surface area contributed by atoms with Gasteiger partial charge in [0, 0.05) is 10.7 Å². The predicted octanol–water partition coefficient (Wildman–Crippen LogP) is 4.50. The first-order valence-corrected chi connectivity index (χ1v) is 7.91. The van der Waals surface area contributed by atoms with Gasteiger partial charge in [-0.1, -0.05) is 27.5 Å². The molecule has 0 amide bonds. The standard InChI is InChI=1S/C15H11BrClFN6/c16-8-1-3-11(10(18)5-8)23-14-13(19)15(22-7-21-14)24-12-4-2-9(17)6-20-12/h1-7H,19H2,(H2,20,21,22,23,24). The number of aromatic nitrogens is 3. The number of hydrogen-bond acceptors (Lipinski definition) is 6. The van der Waals surface area contributed by atoms with Crippen LogP contribution in [0.25, 0.3) is 0 Å². The minimum absolute atomic E-state index is 0.233. The zero-order chi connectivity index (χ0) is 17.1. The minimum atomic E-state index is -0.434. The number of anilines is 5. The second-order valence-electron chi connectivity index (χ2n) is 4.72. The molecule has 6 nitrogen and oxygen atoms in total. The van der Waals surface area contributed by atoms with E-state index >= 15 is 0 Å². The first kappa shape index (κ1) is 16.4. The molecule has 24 heavy (non-hydrogen) atoms. The van der Waals surface area contributed by atoms with E-state index in [0.29, 0.717) is 21.1 Å². The normalized spacial score (nSPS) is 10.5. The van der Waals surface area contributed by atoms with E-state index in [4.69, 9.17) is 17.3 Å². The molecule has 122 valence electrons. The quantitative estimate of drug-likeness (QED) is 0.588. The third kappa shape index (κ3) is 3.72. The maximum absolute atomic E-state index is 13.9. The van der Waals surface area contributed by atoms with Crippen LogP contribution in [0.5, 0.6) is 0 Å². The molecule has 0 aliphatic heterocycles. The number of hydrogen-bond donors (Lipinski definition) is 3. The van der Waals surface area contributed by atoms with Gasteiger partial charge < -0.3 is 16.4 Å². The predicted molar refractivity (Wildman–Crippen MR) is 96.4 cm³/mol. The molecule has 0 atom stereocenters. The molecule has 0 saturated carbocycles. The lowest BCUT2D eigenvalue weighted by Gasteiger charge is -2.12. The largest absolute Gasteiger partial charge is 0.393 e. The molecule has 4 N–H and O–H groups in total. The maximum Gasteiger partial charge on any atom is 0.160 e. The van der Waals surface area contributed by atoms with Crippen LogP contribution in [-0.2, 0) is 0 Å². The molecule has 3 rings (SSSR count). The lowest BCUT2D eigenvalue weighted by Crippen LogP contribution is -2.06. The molecule has 3 aromatic rings. The van der Waals surface area contributed by atoms with Crippen LogP contribution in [0.15, 0.2) is 47.3 Å². The Morgan fingerprint density at radius 3 is 2.46 bits per heavy atom. The summed E-state index contributed by atoms with van der Waals surface area (Å²) in [5.41, 5.74) is 6.54. The molecular formula is C15H11BrClFN6. The van der Waals surface area contributed by atoms with Gasteiger partial charge in [0.2, 0.25) is 0 Å². The first-order valence-electron chi connectivity index (χ1n) is 6.74. The van der Waals surface area contributed by atoms with Crippen molar-refractivity contribution in [3.8, 4) is 0 Å². The van der Waals surface area contributed by atoms with Crippen molar-refractivity contribution in [2.24, 2.45) is 0 Å². The fourth-order valence-electron chi connectivity index (χ4n) is 1.88. The Hall–Kier alpha value is -2.45. The van der Waals surface area contributed by atoms with E-state index in [2.05, 4.69) is 41.5 Å². The number of nitrogens with zero attached hydrogens (tertiary/aromatic N) is 3. The van der Waals surface area contributed by atoms with Gasteiger partial charge in [-0.05, 0) is 30.3 Å². The molecule has 0 unspecified atom stereocenters. The van der Waals surface area contributed by atoms with Crippen LogP contribution in [0.4, 0.5) is 33.2 Å². The Morgan fingerprint density at radius 1 is 1.04 bits per heavy atom. The topological polar surface area (TPSA) is 88.8 Å². The molecule has 2 heterocycles. The highest BCUT2D eigenvalue weighted by Crippen LogP contribution is 2.29. The molecular weight excluding hydrogens is 399 g/mol. The Balaban J connectivity index is 1.86. The number of nitrogen functional groups attached to an aromatic ring is 1. The van der Waals surface area contributed by atoms with Gasteiger partial charge in [-0.15, -0.1) is 0 Å². The van der Waals surface area contributed by atoms with Crippen molar-refractivity contribution in [3.05, 3.63) is 58.2 Å². The Morgan fingerprint density at radius 2 is 1.79 bits per heavy atom. The molecule has 9 heteroatoms. The van der Waals surface area contributed by atoms with Gasteiger partial charge in [-0.2, -0.15) is 0 Å². The fraction of sp³-hybridized carbons (Fsp3) is 0. The lowest BCUT2D eigenvalue weighted by atomic mass is 10.3. The molecule has 0 bridgehead atoms. The van der Waals surface area contributed by atoms with E-state index in [1.54, 1.807) is 24.3 Å². The van der Waals surface area contributed by atoms with Crippen LogP contribution in [0, 0.1) is 5.82 Å². The number of benzene rings is 1. The third-order valence-electron chi connectivity index (χ3n) is 3.04. The van der Waals surface area contributed by atoms with Gasteiger partial charge in [0.1, 0.15) is 23.6 Å². The lowest BCUT2D eigenvalue weighted by molar-refractivity contribution is 0.631. The van der Waals surface area contributed by atoms with Crippen molar-refractivity contribution in [2.45, 2.75) is 0 Å². The zero-order valence-electron chi connectivity index (χ0n) is 12.1. The molecule has 0 spiro atoms. The van der Waals surface area contributed by atoms with Crippen LogP contribution in [0.3, 0.4) is 0 Å². The fourth-order valence-corrected chi connectivity index (χ4v) is 2.33. The van der Waals surface area contributed by atoms with Crippen molar-refractivity contribution >= 4 is 56.4 Å². The Labute approximate surface area is 150 Å². The summed E-state index contributed by atoms with van der Waals surface area (Å²) in [5.74, 6) is 0.712. The van der Waals surface area contributed by atoms with E-state index < -0.39 is 5.82 Å². The summed E-state index contributed by atoms with van der Waals surface area (Å²) in [6.07, 6.45) is 2.81. The summed E-state index contributed by atoms with van der Waals surface area (Å²) >= 11 is 9.00. The molecule has 2 aromatic heterocycles. The van der Waals surface area contributed by atoms with Gasteiger partial charge in [0.15, 0.2) is 11.6 Å². The van der Waals surface area contributed by atoms with Crippen LogP contribution in [-0.4, -0.2) is 15.0 Å². The van der Waals surface area contributed by atoms with E-state index in [0.717, 1.165) is 0 Å². The number of pyridine rings is 1. The van der Waals surface area contributed by atoms with Crippen LogP contribution < -0.4 is 16.4 Å². The summed E-state index contributed by atoms with van der Waals surface area (Å²) in [5, 5.41) is 6.33. The number of nitrogens with two attached hydrogens (primary N) is 1. The van der Waals surface area contributed by atoms with E-state index in [1.807, 2.05) is 0 Å². The molecule has 0 saturated heterocycles. The minimum Gasteiger partial charge on any atom is -0.393 e. The maximum atomic E-state index is 13.9. The number of rotatable bonds is 4. The van der Waals surface area contributed by atoms with Crippen molar-refractivity contribution in [1.29, 1.82) is 0 Å². The smallest absolute Gasteiger partial charge is 0.160 e. The molecule has 0 fully saturated rings. The monoisotopic (exact) mass is 408 g/mol. The average molecular weight is 410 g/mol. The van der Waals surface area contributed by atoms with Crippen molar-refractivity contribution in [3.63, 3.8) is 0 Å². The molecule has 0 aliphatic rings. The second-order valence-corrected chi connectivity index (χ2v) is 6.07. The zero-order valence-corrected chi connectivity index (χ0v) is 14.4. The van der Waals surface area contributed by atoms with Crippen molar-refractivity contribution in [1.82, 2.24) is 15.0 Å². The Bertz CT molecular complexity index is 874.